The van der Waals surface area contributed by atoms with Gasteiger partial charge in [-0.2, -0.15) is 0 Å². The van der Waals surface area contributed by atoms with Crippen LogP contribution in [0.2, 0.25) is 0 Å². The number of nitrogens with zero attached hydrogens (tertiary/aromatic N) is 2. The van der Waals surface area contributed by atoms with Crippen molar-refractivity contribution in [3.05, 3.63) is 11.4 Å². The van der Waals surface area contributed by atoms with Crippen LogP contribution in [0.25, 0.3) is 0 Å². The molecule has 0 amide bonds. The zero-order valence-electron chi connectivity index (χ0n) is 11.2. The number of hydrogen-bond acceptors (Lipinski definition) is 7. The minimum atomic E-state index is -0.642. The lowest BCUT2D eigenvalue weighted by Crippen LogP contribution is -2.14. The highest BCUT2D eigenvalue weighted by Gasteiger charge is 2.17. The molecule has 0 aliphatic rings. The lowest BCUT2D eigenvalue weighted by Gasteiger charge is -2.09. The average Bonchev–Trinajstić information content (AvgIpc) is 2.38. The molecule has 6 nitrogen and oxygen atoms in total. The van der Waals surface area contributed by atoms with Gasteiger partial charge in [0.1, 0.15) is 10.8 Å². The molecule has 0 bridgehead atoms. The summed E-state index contributed by atoms with van der Waals surface area (Å²) in [5.41, 5.74) is 6.40. The minimum absolute atomic E-state index is 0.0886. The van der Waals surface area contributed by atoms with E-state index in [4.69, 9.17) is 11.1 Å². The summed E-state index contributed by atoms with van der Waals surface area (Å²) in [6.07, 6.45) is 1.79. The number of thioether (sulfide) groups is 1. The predicted molar refractivity (Wildman–Crippen MR) is 73.4 cm³/mol. The first-order chi connectivity index (χ1) is 8.51. The lowest BCUT2D eigenvalue weighted by molar-refractivity contribution is 0.0586. The summed E-state index contributed by atoms with van der Waals surface area (Å²) in [6.45, 7) is 5.59. The standard InChI is InChI=1S/C9H12N4O2S.C2H6/c1-4(10)5-6(11)12-7(9(14)15-2)13-8(5)16-3;1-2/h10H,1-3H3,(H2,11,12,13);1-2H3. The number of carbonyl (C=O) groups excluding carboxylic acids is 1. The third-order valence-corrected chi connectivity index (χ3v) is 2.52. The highest BCUT2D eigenvalue weighted by molar-refractivity contribution is 7.98. The first kappa shape index (κ1) is 16.4. The molecule has 18 heavy (non-hydrogen) atoms. The van der Waals surface area contributed by atoms with Crippen molar-refractivity contribution in [3.63, 3.8) is 0 Å². The zero-order valence-corrected chi connectivity index (χ0v) is 12.0. The number of esters is 1. The van der Waals surface area contributed by atoms with Crippen molar-refractivity contribution in [2.24, 2.45) is 0 Å². The van der Waals surface area contributed by atoms with E-state index in [0.717, 1.165) is 0 Å². The van der Waals surface area contributed by atoms with E-state index in [0.29, 0.717) is 10.6 Å². The Hall–Kier alpha value is -1.63. The summed E-state index contributed by atoms with van der Waals surface area (Å²) in [7, 11) is 1.25. The summed E-state index contributed by atoms with van der Waals surface area (Å²) in [6, 6.07) is 0. The van der Waals surface area contributed by atoms with Crippen molar-refractivity contribution in [1.82, 2.24) is 9.97 Å². The molecule has 0 spiro atoms. The Bertz CT molecular complexity index is 449. The Morgan fingerprint density at radius 3 is 2.33 bits per heavy atom. The van der Waals surface area contributed by atoms with Crippen LogP contribution in [0.3, 0.4) is 0 Å². The van der Waals surface area contributed by atoms with Crippen molar-refractivity contribution in [2.45, 2.75) is 25.8 Å². The zero-order chi connectivity index (χ0) is 14.3. The molecule has 3 N–H and O–H groups in total. The second-order valence-corrected chi connectivity index (χ2v) is 3.73. The molecule has 1 aromatic heterocycles. The monoisotopic (exact) mass is 270 g/mol. The Morgan fingerprint density at radius 2 is 1.94 bits per heavy atom. The molecule has 0 saturated carbocycles. The number of anilines is 1. The average molecular weight is 270 g/mol. The van der Waals surface area contributed by atoms with E-state index in [1.165, 1.54) is 18.9 Å². The molecule has 100 valence electrons. The molecule has 0 saturated heterocycles. The molecule has 0 atom stereocenters. The van der Waals surface area contributed by atoms with Crippen LogP contribution in [0.1, 0.15) is 37.0 Å². The second-order valence-electron chi connectivity index (χ2n) is 2.93. The van der Waals surface area contributed by atoms with Gasteiger partial charge in [-0.3, -0.25) is 0 Å². The van der Waals surface area contributed by atoms with E-state index in [1.54, 1.807) is 13.2 Å². The Balaban J connectivity index is 0.00000137. The lowest BCUT2D eigenvalue weighted by atomic mass is 10.2. The Morgan fingerprint density at radius 1 is 1.39 bits per heavy atom. The number of nitrogens with one attached hydrogen (secondary N) is 1. The van der Waals surface area contributed by atoms with Crippen molar-refractivity contribution in [3.8, 4) is 0 Å². The number of carbonyl (C=O) groups is 1. The summed E-state index contributed by atoms with van der Waals surface area (Å²) in [5.74, 6) is -0.613. The number of aromatic nitrogens is 2. The van der Waals surface area contributed by atoms with Gasteiger partial charge in [0.2, 0.25) is 5.82 Å². The fraction of sp³-hybridized carbons (Fsp3) is 0.455. The number of rotatable bonds is 3. The first-order valence-corrected chi connectivity index (χ1v) is 6.59. The van der Waals surface area contributed by atoms with Crippen molar-refractivity contribution in [1.29, 1.82) is 5.41 Å². The molecule has 7 heteroatoms. The normalized spacial score (nSPS) is 9.17. The van der Waals surface area contributed by atoms with E-state index in [9.17, 15) is 4.79 Å². The summed E-state index contributed by atoms with van der Waals surface area (Å²) >= 11 is 1.30. The van der Waals surface area contributed by atoms with E-state index in [2.05, 4.69) is 14.7 Å². The van der Waals surface area contributed by atoms with Gasteiger partial charge < -0.3 is 15.9 Å². The molecular formula is C11H18N4O2S. The molecular weight excluding hydrogens is 252 g/mol. The van der Waals surface area contributed by atoms with Gasteiger partial charge in [-0.1, -0.05) is 13.8 Å². The van der Waals surface area contributed by atoms with Gasteiger partial charge in [-0.05, 0) is 13.2 Å². The smallest absolute Gasteiger partial charge is 0.376 e. The highest BCUT2D eigenvalue weighted by Crippen LogP contribution is 2.22. The van der Waals surface area contributed by atoms with Crippen molar-refractivity contribution >= 4 is 29.3 Å². The Labute approximate surface area is 111 Å². The second kappa shape index (κ2) is 7.65. The molecule has 0 aliphatic carbocycles. The highest BCUT2D eigenvalue weighted by atomic mass is 32.2. The number of nitrogens with two attached hydrogens (primary N) is 1. The molecule has 0 aromatic carbocycles. The van der Waals surface area contributed by atoms with Crippen LogP contribution in [0.4, 0.5) is 5.82 Å². The molecule has 0 fully saturated rings. The van der Waals surface area contributed by atoms with Crippen LogP contribution >= 0.6 is 11.8 Å². The molecule has 1 aromatic rings. The summed E-state index contributed by atoms with van der Waals surface area (Å²) < 4.78 is 4.51. The van der Waals surface area contributed by atoms with Gasteiger partial charge >= 0.3 is 5.97 Å². The summed E-state index contributed by atoms with van der Waals surface area (Å²) in [5, 5.41) is 8.05. The van der Waals surface area contributed by atoms with Crippen LogP contribution in [0.5, 0.6) is 0 Å². The maximum atomic E-state index is 11.2. The van der Waals surface area contributed by atoms with Crippen LogP contribution in [0, 0.1) is 5.41 Å². The molecule has 0 radical (unpaired) electrons. The van der Waals surface area contributed by atoms with Crippen LogP contribution in [0.15, 0.2) is 5.03 Å². The number of ether oxygens (including phenoxy) is 1. The fourth-order valence-electron chi connectivity index (χ4n) is 1.14. The van der Waals surface area contributed by atoms with Crippen LogP contribution in [-0.4, -0.2) is 35.0 Å². The van der Waals surface area contributed by atoms with Gasteiger partial charge in [0, 0.05) is 5.71 Å². The SMILES string of the molecule is CC.COC(=O)c1nc(N)c(C(C)=N)c(SC)n1. The number of nitrogen functional groups attached to an aromatic ring is 1. The van der Waals surface area contributed by atoms with Gasteiger partial charge in [0.25, 0.3) is 0 Å². The van der Waals surface area contributed by atoms with E-state index in [1.807, 2.05) is 13.8 Å². The fourth-order valence-corrected chi connectivity index (χ4v) is 1.78. The van der Waals surface area contributed by atoms with Crippen LogP contribution < -0.4 is 5.73 Å². The number of hydrogen-bond donors (Lipinski definition) is 2. The third kappa shape index (κ3) is 3.69. The predicted octanol–water partition coefficient (Wildman–Crippen LogP) is 1.98. The topological polar surface area (TPSA) is 102 Å². The van der Waals surface area contributed by atoms with E-state index in [-0.39, 0.29) is 17.4 Å². The quantitative estimate of drug-likeness (QED) is 0.377. The maximum Gasteiger partial charge on any atom is 0.376 e. The van der Waals surface area contributed by atoms with Gasteiger partial charge in [-0.25, -0.2) is 14.8 Å². The van der Waals surface area contributed by atoms with E-state index >= 15 is 0 Å². The van der Waals surface area contributed by atoms with Crippen molar-refractivity contribution in [2.75, 3.05) is 19.1 Å². The first-order valence-electron chi connectivity index (χ1n) is 5.36. The van der Waals surface area contributed by atoms with E-state index < -0.39 is 5.97 Å². The molecule has 0 unspecified atom stereocenters. The van der Waals surface area contributed by atoms with Gasteiger partial charge in [-0.15, -0.1) is 11.8 Å². The largest absolute Gasteiger partial charge is 0.463 e. The summed E-state index contributed by atoms with van der Waals surface area (Å²) in [4.78, 5) is 19.1. The van der Waals surface area contributed by atoms with Crippen LogP contribution in [-0.2, 0) is 4.74 Å². The Kier molecular flexibility index (Phi) is 6.96. The third-order valence-electron chi connectivity index (χ3n) is 1.84. The molecule has 1 heterocycles. The van der Waals surface area contributed by atoms with Gasteiger partial charge in [0.05, 0.1) is 12.7 Å². The van der Waals surface area contributed by atoms with Gasteiger partial charge in [0.15, 0.2) is 0 Å². The maximum absolute atomic E-state index is 11.2. The minimum Gasteiger partial charge on any atom is -0.463 e. The van der Waals surface area contributed by atoms with Crippen molar-refractivity contribution < 1.29 is 9.53 Å². The molecule has 1 rings (SSSR count). The number of methoxy groups -OCH3 is 1. The molecule has 0 aliphatic heterocycles.